The van der Waals surface area contributed by atoms with E-state index in [1.54, 1.807) is 6.26 Å². The summed E-state index contributed by atoms with van der Waals surface area (Å²) in [6.07, 6.45) is 8.37. The molecule has 3 aromatic rings. The predicted octanol–water partition coefficient (Wildman–Crippen LogP) is 4.44. The second kappa shape index (κ2) is 7.05. The van der Waals surface area contributed by atoms with Gasteiger partial charge >= 0.3 is 0 Å². The third-order valence-electron chi connectivity index (χ3n) is 4.84. The molecule has 4 nitrogen and oxygen atoms in total. The van der Waals surface area contributed by atoms with Gasteiger partial charge in [-0.05, 0) is 37.1 Å². The van der Waals surface area contributed by atoms with E-state index in [2.05, 4.69) is 40.2 Å². The summed E-state index contributed by atoms with van der Waals surface area (Å²) in [5, 5.41) is 0. The van der Waals surface area contributed by atoms with Gasteiger partial charge in [-0.1, -0.05) is 36.8 Å². The standard InChI is InChI=1S/C20H23N3O/c1-2-7-16(8-3-1)18-15-21-20(22-18)19-10-4-5-12-23(19)13-11-17-9-6-14-24-17/h1-3,6-9,14-15,19H,4-5,10-13H2,(H,21,22). The van der Waals surface area contributed by atoms with Gasteiger partial charge in [-0.2, -0.15) is 0 Å². The largest absolute Gasteiger partial charge is 0.469 e. The Hall–Kier alpha value is -2.33. The molecule has 4 rings (SSSR count). The summed E-state index contributed by atoms with van der Waals surface area (Å²) in [6, 6.07) is 14.8. The normalized spacial score (nSPS) is 18.8. The lowest BCUT2D eigenvalue weighted by atomic mass is 10.0. The van der Waals surface area contributed by atoms with E-state index < -0.39 is 0 Å². The lowest BCUT2D eigenvalue weighted by Crippen LogP contribution is -2.35. The topological polar surface area (TPSA) is 45.1 Å². The van der Waals surface area contributed by atoms with E-state index in [0.717, 1.165) is 36.8 Å². The number of hydrogen-bond acceptors (Lipinski definition) is 3. The van der Waals surface area contributed by atoms with Crippen LogP contribution >= 0.6 is 0 Å². The summed E-state index contributed by atoms with van der Waals surface area (Å²) in [5.41, 5.74) is 2.29. The number of benzene rings is 1. The van der Waals surface area contributed by atoms with Gasteiger partial charge < -0.3 is 9.40 Å². The van der Waals surface area contributed by atoms with E-state index in [9.17, 15) is 0 Å². The summed E-state index contributed by atoms with van der Waals surface area (Å²) in [7, 11) is 0. The van der Waals surface area contributed by atoms with Crippen molar-refractivity contribution in [3.63, 3.8) is 0 Å². The molecule has 1 fully saturated rings. The first-order valence-electron chi connectivity index (χ1n) is 8.77. The van der Waals surface area contributed by atoms with Crippen LogP contribution in [0.25, 0.3) is 11.3 Å². The predicted molar refractivity (Wildman–Crippen MR) is 94.6 cm³/mol. The molecule has 1 unspecified atom stereocenters. The molecule has 0 radical (unpaired) electrons. The first kappa shape index (κ1) is 15.2. The minimum atomic E-state index is 0.381. The summed E-state index contributed by atoms with van der Waals surface area (Å²) in [4.78, 5) is 10.8. The Labute approximate surface area is 142 Å². The lowest BCUT2D eigenvalue weighted by molar-refractivity contribution is 0.142. The Balaban J connectivity index is 1.49. The molecular formula is C20H23N3O. The molecule has 124 valence electrons. The third-order valence-corrected chi connectivity index (χ3v) is 4.84. The maximum Gasteiger partial charge on any atom is 0.123 e. The zero-order valence-corrected chi connectivity index (χ0v) is 13.8. The third kappa shape index (κ3) is 3.29. The maximum absolute atomic E-state index is 5.48. The molecule has 0 spiro atoms. The molecule has 0 aliphatic carbocycles. The summed E-state index contributed by atoms with van der Waals surface area (Å²) in [5.74, 6) is 2.15. The van der Waals surface area contributed by atoms with Crippen LogP contribution in [0.4, 0.5) is 0 Å². The number of rotatable bonds is 5. The molecule has 1 N–H and O–H groups in total. The molecule has 0 amide bonds. The van der Waals surface area contributed by atoms with Crippen molar-refractivity contribution < 1.29 is 4.42 Å². The number of nitrogens with zero attached hydrogens (tertiary/aromatic N) is 2. The number of imidazole rings is 1. The van der Waals surface area contributed by atoms with Crippen molar-refractivity contribution in [2.75, 3.05) is 13.1 Å². The highest BCUT2D eigenvalue weighted by Gasteiger charge is 2.26. The number of aromatic nitrogens is 2. The molecule has 24 heavy (non-hydrogen) atoms. The first-order valence-corrected chi connectivity index (χ1v) is 8.77. The second-order valence-electron chi connectivity index (χ2n) is 6.43. The van der Waals surface area contributed by atoms with Crippen molar-refractivity contribution >= 4 is 0 Å². The Morgan fingerprint density at radius 1 is 1.12 bits per heavy atom. The van der Waals surface area contributed by atoms with Crippen molar-refractivity contribution in [3.8, 4) is 11.3 Å². The minimum absolute atomic E-state index is 0.381. The molecule has 1 aliphatic rings. The van der Waals surface area contributed by atoms with E-state index in [4.69, 9.17) is 9.40 Å². The molecule has 1 atom stereocenters. The molecule has 2 aromatic heterocycles. The molecule has 1 aromatic carbocycles. The molecule has 1 saturated heterocycles. The molecule has 1 aliphatic heterocycles. The molecule has 0 bridgehead atoms. The first-order chi connectivity index (χ1) is 11.9. The van der Waals surface area contributed by atoms with Gasteiger partial charge in [0.1, 0.15) is 11.6 Å². The van der Waals surface area contributed by atoms with Gasteiger partial charge in [0.25, 0.3) is 0 Å². The van der Waals surface area contributed by atoms with E-state index >= 15 is 0 Å². The monoisotopic (exact) mass is 321 g/mol. The van der Waals surface area contributed by atoms with Gasteiger partial charge in [0.05, 0.1) is 24.2 Å². The van der Waals surface area contributed by atoms with Crippen LogP contribution in [0.1, 0.15) is 36.9 Å². The average Bonchev–Trinajstić information content (AvgIpc) is 3.33. The van der Waals surface area contributed by atoms with Crippen LogP contribution in [0.3, 0.4) is 0 Å². The molecule has 0 saturated carbocycles. The summed E-state index contributed by atoms with van der Waals surface area (Å²) in [6.45, 7) is 2.15. The van der Waals surface area contributed by atoms with Crippen molar-refractivity contribution in [1.82, 2.24) is 14.9 Å². The van der Waals surface area contributed by atoms with Crippen molar-refractivity contribution in [2.45, 2.75) is 31.7 Å². The molecule has 4 heteroatoms. The van der Waals surface area contributed by atoms with Crippen molar-refractivity contribution in [1.29, 1.82) is 0 Å². The Kier molecular flexibility index (Phi) is 4.47. The number of aromatic amines is 1. The fourth-order valence-electron chi connectivity index (χ4n) is 3.55. The minimum Gasteiger partial charge on any atom is -0.469 e. The Morgan fingerprint density at radius 2 is 2.04 bits per heavy atom. The van der Waals surface area contributed by atoms with Crippen LogP contribution in [0, 0.1) is 0 Å². The smallest absolute Gasteiger partial charge is 0.123 e. The van der Waals surface area contributed by atoms with Crippen LogP contribution in [0.5, 0.6) is 0 Å². The van der Waals surface area contributed by atoms with Crippen LogP contribution in [0.15, 0.2) is 59.3 Å². The highest BCUT2D eigenvalue weighted by molar-refractivity contribution is 5.58. The number of H-pyrrole nitrogens is 1. The van der Waals surface area contributed by atoms with Gasteiger partial charge in [-0.15, -0.1) is 0 Å². The van der Waals surface area contributed by atoms with Gasteiger partial charge in [0.2, 0.25) is 0 Å². The van der Waals surface area contributed by atoms with Crippen LogP contribution in [-0.4, -0.2) is 28.0 Å². The average molecular weight is 321 g/mol. The van der Waals surface area contributed by atoms with E-state index in [0.29, 0.717) is 6.04 Å². The number of hydrogen-bond donors (Lipinski definition) is 1. The SMILES string of the molecule is c1ccc(-c2cnc(C3CCCCN3CCc3ccco3)[nH]2)cc1. The molecule has 3 heterocycles. The van der Waals surface area contributed by atoms with Crippen molar-refractivity contribution in [2.24, 2.45) is 0 Å². The quantitative estimate of drug-likeness (QED) is 0.755. The Bertz CT molecular complexity index is 748. The maximum atomic E-state index is 5.48. The highest BCUT2D eigenvalue weighted by atomic mass is 16.3. The summed E-state index contributed by atoms with van der Waals surface area (Å²) >= 11 is 0. The summed E-state index contributed by atoms with van der Waals surface area (Å²) < 4.78 is 5.48. The van der Waals surface area contributed by atoms with Crippen LogP contribution < -0.4 is 0 Å². The number of furan rings is 1. The van der Waals surface area contributed by atoms with E-state index in [-0.39, 0.29) is 0 Å². The highest BCUT2D eigenvalue weighted by Crippen LogP contribution is 2.30. The van der Waals surface area contributed by atoms with E-state index in [1.807, 2.05) is 18.3 Å². The van der Waals surface area contributed by atoms with Crippen molar-refractivity contribution in [3.05, 3.63) is 66.5 Å². The van der Waals surface area contributed by atoms with Gasteiger partial charge in [0, 0.05) is 13.0 Å². The fourth-order valence-corrected chi connectivity index (χ4v) is 3.55. The van der Waals surface area contributed by atoms with Crippen LogP contribution in [-0.2, 0) is 6.42 Å². The number of piperidine rings is 1. The van der Waals surface area contributed by atoms with Gasteiger partial charge in [0.15, 0.2) is 0 Å². The zero-order valence-electron chi connectivity index (χ0n) is 13.8. The fraction of sp³-hybridized carbons (Fsp3) is 0.350. The number of likely N-dealkylation sites (tertiary alicyclic amines) is 1. The lowest BCUT2D eigenvalue weighted by Gasteiger charge is -2.34. The zero-order chi connectivity index (χ0) is 16.2. The van der Waals surface area contributed by atoms with Gasteiger partial charge in [-0.3, -0.25) is 4.90 Å². The Morgan fingerprint density at radius 3 is 2.88 bits per heavy atom. The molecular weight excluding hydrogens is 298 g/mol. The van der Waals surface area contributed by atoms with Gasteiger partial charge in [-0.25, -0.2) is 4.98 Å². The van der Waals surface area contributed by atoms with E-state index in [1.165, 1.54) is 24.8 Å². The number of nitrogens with one attached hydrogen (secondary N) is 1. The van der Waals surface area contributed by atoms with Crippen LogP contribution in [0.2, 0.25) is 0 Å². The second-order valence-corrected chi connectivity index (χ2v) is 6.43.